The summed E-state index contributed by atoms with van der Waals surface area (Å²) < 4.78 is 13.6. The molecule has 0 aliphatic carbocycles. The first-order valence-electron chi connectivity index (χ1n) is 16.6. The Balaban J connectivity index is 1.27. The first-order valence-corrected chi connectivity index (χ1v) is 16.6. The molecule has 10 aromatic rings. The Labute approximate surface area is 282 Å². The molecule has 2 heterocycles. The summed E-state index contributed by atoms with van der Waals surface area (Å²) in [4.78, 5) is 2.34. The van der Waals surface area contributed by atoms with Gasteiger partial charge in [-0.15, -0.1) is 0 Å². The monoisotopic (exact) mass is 627 g/mol. The van der Waals surface area contributed by atoms with Gasteiger partial charge in [-0.25, -0.2) is 0 Å². The zero-order valence-corrected chi connectivity index (χ0v) is 26.5. The second-order valence-electron chi connectivity index (χ2n) is 12.5. The van der Waals surface area contributed by atoms with Crippen LogP contribution in [0.15, 0.2) is 185 Å². The Morgan fingerprint density at radius 3 is 1.80 bits per heavy atom. The van der Waals surface area contributed by atoms with E-state index in [1.54, 1.807) is 0 Å². The van der Waals surface area contributed by atoms with E-state index in [4.69, 9.17) is 8.83 Å². The lowest BCUT2D eigenvalue weighted by atomic mass is 9.96. The fourth-order valence-corrected chi connectivity index (χ4v) is 7.42. The van der Waals surface area contributed by atoms with Crippen molar-refractivity contribution >= 4 is 71.7 Å². The number of rotatable bonds is 5. The molecule has 0 radical (unpaired) electrons. The molecule has 0 N–H and O–H groups in total. The molecule has 0 spiro atoms. The van der Waals surface area contributed by atoms with E-state index in [1.807, 2.05) is 12.1 Å². The minimum atomic E-state index is 0.826. The highest BCUT2D eigenvalue weighted by molar-refractivity contribution is 6.24. The zero-order valence-electron chi connectivity index (χ0n) is 26.5. The lowest BCUT2D eigenvalue weighted by molar-refractivity contribution is 0.665. The summed E-state index contributed by atoms with van der Waals surface area (Å²) in [5.41, 5.74) is 11.0. The van der Waals surface area contributed by atoms with E-state index in [1.165, 1.54) is 21.9 Å². The molecule has 0 fully saturated rings. The van der Waals surface area contributed by atoms with Crippen LogP contribution < -0.4 is 4.90 Å². The van der Waals surface area contributed by atoms with Gasteiger partial charge in [-0.3, -0.25) is 0 Å². The van der Waals surface area contributed by atoms with Crippen LogP contribution in [0.2, 0.25) is 0 Å². The molecule has 0 bridgehead atoms. The van der Waals surface area contributed by atoms with Gasteiger partial charge in [0, 0.05) is 38.2 Å². The van der Waals surface area contributed by atoms with Gasteiger partial charge in [0.05, 0.1) is 11.4 Å². The van der Waals surface area contributed by atoms with Gasteiger partial charge in [0.15, 0.2) is 5.58 Å². The molecule has 230 valence electrons. The van der Waals surface area contributed by atoms with E-state index in [0.29, 0.717) is 0 Å². The maximum Gasteiger partial charge on any atom is 0.159 e. The topological polar surface area (TPSA) is 29.5 Å². The van der Waals surface area contributed by atoms with Crippen LogP contribution >= 0.6 is 0 Å². The number of para-hydroxylation sites is 2. The number of fused-ring (bicyclic) bond motifs is 7. The van der Waals surface area contributed by atoms with E-state index >= 15 is 0 Å². The summed E-state index contributed by atoms with van der Waals surface area (Å²) in [5, 5.41) is 6.56. The lowest BCUT2D eigenvalue weighted by Gasteiger charge is -2.27. The van der Waals surface area contributed by atoms with Crippen molar-refractivity contribution in [3.8, 4) is 22.3 Å². The Morgan fingerprint density at radius 1 is 0.367 bits per heavy atom. The lowest BCUT2D eigenvalue weighted by Crippen LogP contribution is -2.10. The zero-order chi connectivity index (χ0) is 32.3. The van der Waals surface area contributed by atoms with Gasteiger partial charge in [0.2, 0.25) is 0 Å². The van der Waals surface area contributed by atoms with Crippen molar-refractivity contribution in [1.82, 2.24) is 0 Å². The average Bonchev–Trinajstić information content (AvgIpc) is 3.74. The molecular weight excluding hydrogens is 599 g/mol. The molecule has 0 amide bonds. The third-order valence-corrected chi connectivity index (χ3v) is 9.65. The Bertz CT molecular complexity index is 2810. The number of benzene rings is 8. The van der Waals surface area contributed by atoms with Crippen molar-refractivity contribution in [3.63, 3.8) is 0 Å². The number of nitrogens with zero attached hydrogens (tertiary/aromatic N) is 1. The molecule has 0 aliphatic rings. The van der Waals surface area contributed by atoms with Crippen LogP contribution in [0.3, 0.4) is 0 Å². The van der Waals surface area contributed by atoms with E-state index in [2.05, 4.69) is 169 Å². The Morgan fingerprint density at radius 2 is 0.980 bits per heavy atom. The molecule has 10 rings (SSSR count). The molecule has 0 saturated carbocycles. The van der Waals surface area contributed by atoms with E-state index in [9.17, 15) is 0 Å². The fraction of sp³-hybridized carbons (Fsp3) is 0. The van der Waals surface area contributed by atoms with Gasteiger partial charge < -0.3 is 13.7 Å². The van der Waals surface area contributed by atoms with Crippen LogP contribution in [0.1, 0.15) is 0 Å². The summed E-state index contributed by atoms with van der Waals surface area (Å²) in [6.45, 7) is 0. The van der Waals surface area contributed by atoms with Crippen molar-refractivity contribution in [2.75, 3.05) is 4.90 Å². The maximum absolute atomic E-state index is 7.14. The smallest absolute Gasteiger partial charge is 0.159 e. The van der Waals surface area contributed by atoms with Gasteiger partial charge in [-0.05, 0) is 58.5 Å². The van der Waals surface area contributed by atoms with Crippen LogP contribution in [-0.2, 0) is 0 Å². The second kappa shape index (κ2) is 11.0. The van der Waals surface area contributed by atoms with Crippen molar-refractivity contribution < 1.29 is 8.83 Å². The van der Waals surface area contributed by atoms with Gasteiger partial charge in [-0.2, -0.15) is 0 Å². The highest BCUT2D eigenvalue weighted by atomic mass is 16.3. The molecule has 0 saturated heterocycles. The van der Waals surface area contributed by atoms with Crippen LogP contribution in [0.4, 0.5) is 17.1 Å². The SMILES string of the molecule is c1ccc(-c2ccc(N(c3cccc4ccccc34)c3cccc4c3oc3c(-c5ccccc5)c5c(cc34)oc3ccccc35)cc2)cc1. The predicted octanol–water partition coefficient (Wildman–Crippen LogP) is 13.4. The molecule has 0 unspecified atom stereocenters. The van der Waals surface area contributed by atoms with Crippen LogP contribution in [0, 0.1) is 0 Å². The first kappa shape index (κ1) is 27.5. The molecule has 8 aromatic carbocycles. The van der Waals surface area contributed by atoms with E-state index in [0.717, 1.165) is 72.1 Å². The summed E-state index contributed by atoms with van der Waals surface area (Å²) in [5.74, 6) is 0. The number of anilines is 3. The highest BCUT2D eigenvalue weighted by Crippen LogP contribution is 2.48. The molecule has 3 heteroatoms. The van der Waals surface area contributed by atoms with Gasteiger partial charge >= 0.3 is 0 Å². The van der Waals surface area contributed by atoms with Crippen molar-refractivity contribution in [3.05, 3.63) is 176 Å². The van der Waals surface area contributed by atoms with Gasteiger partial charge in [-0.1, -0.05) is 140 Å². The molecule has 49 heavy (non-hydrogen) atoms. The number of hydrogen-bond donors (Lipinski definition) is 0. The Hall–Kier alpha value is -6.58. The van der Waals surface area contributed by atoms with Crippen LogP contribution in [-0.4, -0.2) is 0 Å². The second-order valence-corrected chi connectivity index (χ2v) is 12.5. The minimum Gasteiger partial charge on any atom is -0.456 e. The van der Waals surface area contributed by atoms with Crippen molar-refractivity contribution in [2.24, 2.45) is 0 Å². The first-order chi connectivity index (χ1) is 24.3. The van der Waals surface area contributed by atoms with Gasteiger partial charge in [0.1, 0.15) is 16.7 Å². The molecule has 3 nitrogen and oxygen atoms in total. The quantitative estimate of drug-likeness (QED) is 0.190. The van der Waals surface area contributed by atoms with E-state index in [-0.39, 0.29) is 0 Å². The minimum absolute atomic E-state index is 0.826. The third-order valence-electron chi connectivity index (χ3n) is 9.65. The summed E-state index contributed by atoms with van der Waals surface area (Å²) >= 11 is 0. The standard InChI is InChI=1S/C46H29NO2/c1-3-13-30(14-4-1)31-25-27-34(28-26-31)47(39-22-11-18-32-15-7-8-19-35(32)39)40-23-12-21-36-38-29-42-44(37-20-9-10-24-41(37)48-42)43(46(38)49-45(36)40)33-16-5-2-6-17-33/h1-29H. The fourth-order valence-electron chi connectivity index (χ4n) is 7.42. The summed E-state index contributed by atoms with van der Waals surface area (Å²) in [6, 6.07) is 61.8. The number of furan rings is 2. The predicted molar refractivity (Wildman–Crippen MR) is 204 cm³/mol. The van der Waals surface area contributed by atoms with Crippen molar-refractivity contribution in [1.29, 1.82) is 0 Å². The average molecular weight is 628 g/mol. The van der Waals surface area contributed by atoms with Gasteiger partial charge in [0.25, 0.3) is 0 Å². The maximum atomic E-state index is 7.14. The number of hydrogen-bond acceptors (Lipinski definition) is 3. The third kappa shape index (κ3) is 4.37. The molecule has 0 aliphatic heterocycles. The molecule has 2 aromatic heterocycles. The molecular formula is C46H29NO2. The highest BCUT2D eigenvalue weighted by Gasteiger charge is 2.25. The van der Waals surface area contributed by atoms with Crippen LogP contribution in [0.5, 0.6) is 0 Å². The van der Waals surface area contributed by atoms with E-state index < -0.39 is 0 Å². The largest absolute Gasteiger partial charge is 0.456 e. The van der Waals surface area contributed by atoms with Crippen LogP contribution in [0.25, 0.3) is 76.9 Å². The summed E-state index contributed by atoms with van der Waals surface area (Å²) in [7, 11) is 0. The van der Waals surface area contributed by atoms with Crippen molar-refractivity contribution in [2.45, 2.75) is 0 Å². The molecule has 0 atom stereocenters. The summed E-state index contributed by atoms with van der Waals surface area (Å²) in [6.07, 6.45) is 0. The Kier molecular flexibility index (Phi) is 6.18. The normalized spacial score (nSPS) is 11.7.